The van der Waals surface area contributed by atoms with E-state index in [4.69, 9.17) is 10.5 Å². The molecule has 0 aromatic rings. The van der Waals surface area contributed by atoms with Crippen molar-refractivity contribution in [1.29, 1.82) is 0 Å². The van der Waals surface area contributed by atoms with Crippen LogP contribution in [-0.4, -0.2) is 18.2 Å². The Labute approximate surface area is 69.1 Å². The number of hydrogen-bond donors (Lipinski definition) is 1. The molecule has 0 aromatic heterocycles. The minimum Gasteiger partial charge on any atom is -0.376 e. The first-order chi connectivity index (χ1) is 5.18. The van der Waals surface area contributed by atoms with Crippen LogP contribution in [-0.2, 0) is 4.74 Å². The molecule has 1 fully saturated rings. The third-order valence-corrected chi connectivity index (χ3v) is 2.18. The van der Waals surface area contributed by atoms with Crippen LogP contribution in [0.3, 0.4) is 0 Å². The summed E-state index contributed by atoms with van der Waals surface area (Å²) in [7, 11) is 0. The summed E-state index contributed by atoms with van der Waals surface area (Å²) in [6, 6.07) is 0.432. The van der Waals surface area contributed by atoms with Gasteiger partial charge in [-0.25, -0.2) is 0 Å². The Morgan fingerprint density at radius 2 is 1.73 bits per heavy atom. The summed E-state index contributed by atoms with van der Waals surface area (Å²) >= 11 is 0. The predicted molar refractivity (Wildman–Crippen MR) is 46.5 cm³/mol. The fourth-order valence-corrected chi connectivity index (χ4v) is 1.61. The van der Waals surface area contributed by atoms with Gasteiger partial charge in [0.25, 0.3) is 0 Å². The highest BCUT2D eigenvalue weighted by Crippen LogP contribution is 2.20. The topological polar surface area (TPSA) is 35.2 Å². The zero-order valence-electron chi connectivity index (χ0n) is 7.55. The van der Waals surface area contributed by atoms with Gasteiger partial charge in [0, 0.05) is 6.04 Å². The molecule has 2 N–H and O–H groups in total. The molecule has 2 nitrogen and oxygen atoms in total. The molecule has 0 bridgehead atoms. The van der Waals surface area contributed by atoms with Gasteiger partial charge in [0.05, 0.1) is 12.2 Å². The largest absolute Gasteiger partial charge is 0.376 e. The SMILES string of the molecule is CC(C)O[C@H]1CC[C@H](N)CC1. The van der Waals surface area contributed by atoms with Crippen molar-refractivity contribution in [3.05, 3.63) is 0 Å². The minimum atomic E-state index is 0.370. The van der Waals surface area contributed by atoms with Crippen LogP contribution >= 0.6 is 0 Å². The van der Waals surface area contributed by atoms with Gasteiger partial charge in [0.1, 0.15) is 0 Å². The molecule has 0 atom stereocenters. The minimum absolute atomic E-state index is 0.370. The van der Waals surface area contributed by atoms with Crippen LogP contribution in [0.5, 0.6) is 0 Å². The second kappa shape index (κ2) is 4.07. The van der Waals surface area contributed by atoms with E-state index in [9.17, 15) is 0 Å². The first-order valence-electron chi connectivity index (χ1n) is 4.59. The zero-order valence-corrected chi connectivity index (χ0v) is 7.55. The lowest BCUT2D eigenvalue weighted by molar-refractivity contribution is -0.0142. The molecule has 1 rings (SSSR count). The van der Waals surface area contributed by atoms with Gasteiger partial charge in [-0.05, 0) is 39.5 Å². The van der Waals surface area contributed by atoms with Crippen molar-refractivity contribution in [3.8, 4) is 0 Å². The highest BCUT2D eigenvalue weighted by atomic mass is 16.5. The molecule has 0 unspecified atom stereocenters. The molecule has 1 aliphatic rings. The summed E-state index contributed by atoms with van der Waals surface area (Å²) in [6.45, 7) is 4.18. The second-order valence-electron chi connectivity index (χ2n) is 3.72. The summed E-state index contributed by atoms with van der Waals surface area (Å²) in [5.74, 6) is 0. The van der Waals surface area contributed by atoms with Gasteiger partial charge in [0.2, 0.25) is 0 Å². The van der Waals surface area contributed by atoms with E-state index >= 15 is 0 Å². The van der Waals surface area contributed by atoms with E-state index < -0.39 is 0 Å². The molecule has 0 aliphatic heterocycles. The van der Waals surface area contributed by atoms with Crippen LogP contribution < -0.4 is 5.73 Å². The maximum absolute atomic E-state index is 5.77. The molecule has 1 saturated carbocycles. The summed E-state index contributed by atoms with van der Waals surface area (Å²) < 4.78 is 5.68. The maximum atomic E-state index is 5.77. The van der Waals surface area contributed by atoms with Crippen molar-refractivity contribution < 1.29 is 4.74 Å². The van der Waals surface area contributed by atoms with Crippen LogP contribution in [0.4, 0.5) is 0 Å². The summed E-state index contributed by atoms with van der Waals surface area (Å²) in [5.41, 5.74) is 5.77. The number of nitrogens with two attached hydrogens (primary N) is 1. The Morgan fingerprint density at radius 3 is 2.18 bits per heavy atom. The summed E-state index contributed by atoms with van der Waals surface area (Å²) in [5, 5.41) is 0. The number of ether oxygens (including phenoxy) is 1. The molecule has 0 radical (unpaired) electrons. The predicted octanol–water partition coefficient (Wildman–Crippen LogP) is 1.68. The Hall–Kier alpha value is -0.0800. The Morgan fingerprint density at radius 1 is 1.18 bits per heavy atom. The Bertz CT molecular complexity index is 106. The van der Waals surface area contributed by atoms with Gasteiger partial charge in [-0.3, -0.25) is 0 Å². The third kappa shape index (κ3) is 3.21. The third-order valence-electron chi connectivity index (χ3n) is 2.18. The van der Waals surface area contributed by atoms with Crippen LogP contribution in [0.25, 0.3) is 0 Å². The van der Waals surface area contributed by atoms with Gasteiger partial charge in [-0.15, -0.1) is 0 Å². The van der Waals surface area contributed by atoms with E-state index in [-0.39, 0.29) is 0 Å². The zero-order chi connectivity index (χ0) is 8.27. The van der Waals surface area contributed by atoms with Gasteiger partial charge in [0.15, 0.2) is 0 Å². The standard InChI is InChI=1S/C9H19NO/c1-7(2)11-9-5-3-8(10)4-6-9/h7-9H,3-6,10H2,1-2H3/t8-,9-. The van der Waals surface area contributed by atoms with Gasteiger partial charge < -0.3 is 10.5 Å². The molecule has 1 aliphatic carbocycles. The van der Waals surface area contributed by atoms with Crippen molar-refractivity contribution in [1.82, 2.24) is 0 Å². The molecule has 0 heterocycles. The van der Waals surface area contributed by atoms with E-state index in [2.05, 4.69) is 13.8 Å². The van der Waals surface area contributed by atoms with Gasteiger partial charge in [-0.2, -0.15) is 0 Å². The van der Waals surface area contributed by atoms with Crippen molar-refractivity contribution in [2.45, 2.75) is 57.8 Å². The van der Waals surface area contributed by atoms with Crippen molar-refractivity contribution in [2.75, 3.05) is 0 Å². The van der Waals surface area contributed by atoms with E-state index in [0.29, 0.717) is 18.2 Å². The molecular weight excluding hydrogens is 138 g/mol. The number of hydrogen-bond acceptors (Lipinski definition) is 2. The van der Waals surface area contributed by atoms with Crippen molar-refractivity contribution in [2.24, 2.45) is 5.73 Å². The molecule has 0 spiro atoms. The van der Waals surface area contributed by atoms with Crippen LogP contribution in [0.1, 0.15) is 39.5 Å². The molecule has 0 aromatic carbocycles. The lowest BCUT2D eigenvalue weighted by Gasteiger charge is -2.27. The van der Waals surface area contributed by atoms with Crippen LogP contribution in [0.2, 0.25) is 0 Å². The lowest BCUT2D eigenvalue weighted by atomic mass is 9.94. The average molecular weight is 157 g/mol. The lowest BCUT2D eigenvalue weighted by Crippen LogP contribution is -2.31. The second-order valence-corrected chi connectivity index (χ2v) is 3.72. The molecule has 0 amide bonds. The van der Waals surface area contributed by atoms with E-state index in [1.807, 2.05) is 0 Å². The smallest absolute Gasteiger partial charge is 0.0579 e. The first-order valence-corrected chi connectivity index (χ1v) is 4.59. The van der Waals surface area contributed by atoms with E-state index in [1.54, 1.807) is 0 Å². The van der Waals surface area contributed by atoms with Gasteiger partial charge in [-0.1, -0.05) is 0 Å². The van der Waals surface area contributed by atoms with Crippen molar-refractivity contribution in [3.63, 3.8) is 0 Å². The molecule has 11 heavy (non-hydrogen) atoms. The highest BCUT2D eigenvalue weighted by molar-refractivity contribution is 4.74. The number of rotatable bonds is 2. The summed E-state index contributed by atoms with van der Waals surface area (Å²) in [6.07, 6.45) is 5.43. The van der Waals surface area contributed by atoms with Gasteiger partial charge >= 0.3 is 0 Å². The average Bonchev–Trinajstić information content (AvgIpc) is 1.93. The Balaban J connectivity index is 2.17. The Kier molecular flexibility index (Phi) is 3.34. The first kappa shape index (κ1) is 9.01. The fraction of sp³-hybridized carbons (Fsp3) is 1.00. The maximum Gasteiger partial charge on any atom is 0.0579 e. The fourth-order valence-electron chi connectivity index (χ4n) is 1.61. The summed E-state index contributed by atoms with van der Waals surface area (Å²) in [4.78, 5) is 0. The molecule has 66 valence electrons. The monoisotopic (exact) mass is 157 g/mol. The quantitative estimate of drug-likeness (QED) is 0.662. The van der Waals surface area contributed by atoms with E-state index in [0.717, 1.165) is 25.7 Å². The normalized spacial score (nSPS) is 32.7. The molecule has 0 saturated heterocycles. The molecular formula is C9H19NO. The molecule has 2 heteroatoms. The highest BCUT2D eigenvalue weighted by Gasteiger charge is 2.19. The van der Waals surface area contributed by atoms with Crippen molar-refractivity contribution >= 4 is 0 Å². The van der Waals surface area contributed by atoms with Crippen LogP contribution in [0.15, 0.2) is 0 Å². The van der Waals surface area contributed by atoms with Crippen LogP contribution in [0, 0.1) is 0 Å². The van der Waals surface area contributed by atoms with E-state index in [1.165, 1.54) is 0 Å².